The van der Waals surface area contributed by atoms with Gasteiger partial charge >= 0.3 is 0 Å². The van der Waals surface area contributed by atoms with E-state index < -0.39 is 16.0 Å². The molecular weight excluding hydrogens is 621 g/mol. The van der Waals surface area contributed by atoms with Gasteiger partial charge in [0.05, 0.1) is 18.8 Å². The van der Waals surface area contributed by atoms with Gasteiger partial charge in [-0.05, 0) is 44.3 Å². The number of tetrazole rings is 1. The Morgan fingerprint density at radius 1 is 1.02 bits per heavy atom. The molecule has 0 bridgehead atoms. The zero-order valence-electron chi connectivity index (χ0n) is 22.5. The number of halogens is 3. The molecule has 0 spiro atoms. The topological polar surface area (TPSA) is 111 Å². The summed E-state index contributed by atoms with van der Waals surface area (Å²) in [6, 6.07) is 23.6. The van der Waals surface area contributed by atoms with Gasteiger partial charge < -0.3 is 19.9 Å². The molecule has 1 aliphatic heterocycles. The van der Waals surface area contributed by atoms with E-state index in [1.807, 2.05) is 72.8 Å². The number of carbonyl (C=O) groups is 1. The van der Waals surface area contributed by atoms with Gasteiger partial charge in [-0.1, -0.05) is 113 Å². The lowest BCUT2D eigenvalue weighted by Gasteiger charge is -2.36. The lowest BCUT2D eigenvalue weighted by Crippen LogP contribution is -2.33. The minimum absolute atomic E-state index is 0.0125. The Morgan fingerprint density at radius 2 is 1.76 bits per heavy atom. The van der Waals surface area contributed by atoms with Crippen molar-refractivity contribution in [3.05, 3.63) is 95.1 Å². The van der Waals surface area contributed by atoms with Crippen molar-refractivity contribution in [3.8, 4) is 11.1 Å². The van der Waals surface area contributed by atoms with Gasteiger partial charge in [0.25, 0.3) is 9.70 Å². The van der Waals surface area contributed by atoms with Crippen LogP contribution in [0.5, 0.6) is 0 Å². The highest BCUT2D eigenvalue weighted by Gasteiger charge is 2.33. The molecule has 5 rings (SSSR count). The van der Waals surface area contributed by atoms with Crippen LogP contribution in [0.15, 0.2) is 78.0 Å². The molecule has 2 N–H and O–H groups in total. The summed E-state index contributed by atoms with van der Waals surface area (Å²) in [5.74, 6) is -0.0266. The second kappa shape index (κ2) is 13.7. The summed E-state index contributed by atoms with van der Waals surface area (Å²) in [4.78, 5) is 11.9. The highest BCUT2D eigenvalue weighted by molar-refractivity contribution is 7.99. The van der Waals surface area contributed by atoms with Crippen molar-refractivity contribution < 1.29 is 19.4 Å². The first-order chi connectivity index (χ1) is 20.2. The Morgan fingerprint density at radius 3 is 2.43 bits per heavy atom. The molecule has 1 fully saturated rings. The molecule has 0 aliphatic carbocycles. The van der Waals surface area contributed by atoms with E-state index >= 15 is 0 Å². The molecule has 0 unspecified atom stereocenters. The number of aliphatic hydroxyl groups is 1. The smallest absolute Gasteiger partial charge is 0.272 e. The summed E-state index contributed by atoms with van der Waals surface area (Å²) in [6.07, 6.45) is -0.235. The average Bonchev–Trinajstić information content (AvgIpc) is 3.42. The van der Waals surface area contributed by atoms with E-state index in [4.69, 9.17) is 44.3 Å². The van der Waals surface area contributed by atoms with Crippen molar-refractivity contribution in [1.29, 1.82) is 0 Å². The van der Waals surface area contributed by atoms with E-state index in [1.54, 1.807) is 11.7 Å². The van der Waals surface area contributed by atoms with Crippen LogP contribution in [0.3, 0.4) is 0 Å². The standard InChI is InChI=1S/C29H28Cl3N5O4S/c1-37-28(34-35-36-37)42-17-24-14-25(21-7-5-18(16-38)6-8-21)41-26(40-24)22-11-9-20(10-12-22)23-4-2-3-19(13-23)15-33-27(39)29(30,31)32/h2-13,24-26,38H,14-17H2,1H3,(H,33,39)/t24-,25+,26+/m0/s1. The first-order valence-electron chi connectivity index (χ1n) is 13.1. The van der Waals surface area contributed by atoms with E-state index in [2.05, 4.69) is 20.8 Å². The maximum Gasteiger partial charge on any atom is 0.272 e. The van der Waals surface area contributed by atoms with Crippen LogP contribution in [0, 0.1) is 0 Å². The van der Waals surface area contributed by atoms with Gasteiger partial charge in [-0.25, -0.2) is 4.68 Å². The number of benzene rings is 3. The maximum atomic E-state index is 11.9. The van der Waals surface area contributed by atoms with Gasteiger partial charge in [-0.15, -0.1) is 5.10 Å². The molecule has 3 atom stereocenters. The van der Waals surface area contributed by atoms with Gasteiger partial charge in [0.1, 0.15) is 0 Å². The second-order valence-electron chi connectivity index (χ2n) is 9.75. The number of amides is 1. The molecule has 220 valence electrons. The lowest BCUT2D eigenvalue weighted by atomic mass is 9.99. The van der Waals surface area contributed by atoms with Crippen LogP contribution >= 0.6 is 46.6 Å². The van der Waals surface area contributed by atoms with Gasteiger partial charge in [-0.2, -0.15) is 0 Å². The summed E-state index contributed by atoms with van der Waals surface area (Å²) < 4.78 is 12.5. The maximum absolute atomic E-state index is 11.9. The van der Waals surface area contributed by atoms with E-state index in [0.29, 0.717) is 17.3 Å². The first kappa shape index (κ1) is 30.7. The molecule has 1 aliphatic rings. The number of rotatable bonds is 9. The third-order valence-corrected chi connectivity index (χ3v) is 8.41. The van der Waals surface area contributed by atoms with Crippen molar-refractivity contribution in [2.75, 3.05) is 5.75 Å². The quantitative estimate of drug-likeness (QED) is 0.176. The number of alkyl halides is 3. The minimum atomic E-state index is -2.01. The van der Waals surface area contributed by atoms with Crippen LogP contribution in [0.2, 0.25) is 0 Å². The van der Waals surface area contributed by atoms with Gasteiger partial charge in [0.2, 0.25) is 5.16 Å². The molecule has 0 radical (unpaired) electrons. The average molecular weight is 649 g/mol. The van der Waals surface area contributed by atoms with Crippen LogP contribution in [-0.2, 0) is 34.5 Å². The number of carbonyl (C=O) groups excluding carboxylic acids is 1. The van der Waals surface area contributed by atoms with Crippen LogP contribution < -0.4 is 5.32 Å². The van der Waals surface area contributed by atoms with Crippen LogP contribution in [0.1, 0.15) is 41.1 Å². The van der Waals surface area contributed by atoms with Gasteiger partial charge in [-0.3, -0.25) is 4.79 Å². The summed E-state index contributed by atoms with van der Waals surface area (Å²) >= 11 is 18.5. The third-order valence-electron chi connectivity index (χ3n) is 6.75. The summed E-state index contributed by atoms with van der Waals surface area (Å²) in [7, 11) is 1.80. The molecular formula is C29H28Cl3N5O4S. The number of hydrogen-bond acceptors (Lipinski definition) is 8. The van der Waals surface area contributed by atoms with Gasteiger partial charge in [0, 0.05) is 31.3 Å². The zero-order chi connectivity index (χ0) is 29.7. The molecule has 1 saturated heterocycles. The second-order valence-corrected chi connectivity index (χ2v) is 13.0. The Hall–Kier alpha value is -2.70. The van der Waals surface area contributed by atoms with E-state index in [0.717, 1.165) is 33.4 Å². The minimum Gasteiger partial charge on any atom is -0.392 e. The molecule has 2 heterocycles. The van der Waals surface area contributed by atoms with E-state index in [-0.39, 0.29) is 25.4 Å². The molecule has 42 heavy (non-hydrogen) atoms. The molecule has 1 amide bonds. The predicted molar refractivity (Wildman–Crippen MR) is 162 cm³/mol. The van der Waals surface area contributed by atoms with Crippen LogP contribution in [-0.4, -0.2) is 46.9 Å². The fourth-order valence-corrected chi connectivity index (χ4v) is 5.58. The number of aryl methyl sites for hydroxylation is 1. The molecule has 3 aromatic carbocycles. The number of ether oxygens (including phenoxy) is 2. The lowest BCUT2D eigenvalue weighted by molar-refractivity contribution is -0.245. The normalized spacial score (nSPS) is 19.0. The predicted octanol–water partition coefficient (Wildman–Crippen LogP) is 5.69. The summed E-state index contributed by atoms with van der Waals surface area (Å²) in [6.45, 7) is 0.217. The zero-order valence-corrected chi connectivity index (χ0v) is 25.6. The SMILES string of the molecule is Cn1nnnc1SC[C@@H]1C[C@H](c2ccc(CO)cc2)O[C@H](c2ccc(-c3cccc(CNC(=O)C(Cl)(Cl)Cl)c3)cc2)O1. The van der Waals surface area contributed by atoms with Crippen LogP contribution in [0.4, 0.5) is 0 Å². The fourth-order valence-electron chi connectivity index (χ4n) is 4.51. The highest BCUT2D eigenvalue weighted by Crippen LogP contribution is 2.39. The van der Waals surface area contributed by atoms with Crippen molar-refractivity contribution in [2.24, 2.45) is 7.05 Å². The third kappa shape index (κ3) is 7.82. The molecule has 4 aromatic rings. The summed E-state index contributed by atoms with van der Waals surface area (Å²) in [5, 5.41) is 24.5. The largest absolute Gasteiger partial charge is 0.392 e. The Bertz CT molecular complexity index is 1500. The number of hydrogen-bond donors (Lipinski definition) is 2. The highest BCUT2D eigenvalue weighted by atomic mass is 35.6. The number of thioether (sulfide) groups is 1. The molecule has 1 aromatic heterocycles. The Labute approximate surface area is 262 Å². The fraction of sp³-hybridized carbons (Fsp3) is 0.310. The number of nitrogens with one attached hydrogen (secondary N) is 1. The van der Waals surface area contributed by atoms with Gasteiger partial charge in [0.15, 0.2) is 6.29 Å². The van der Waals surface area contributed by atoms with Crippen LogP contribution in [0.25, 0.3) is 11.1 Å². The summed E-state index contributed by atoms with van der Waals surface area (Å²) in [5.41, 5.74) is 5.58. The van der Waals surface area contributed by atoms with Crippen molar-refractivity contribution in [2.45, 2.75) is 47.0 Å². The number of nitrogens with zero attached hydrogens (tertiary/aromatic N) is 4. The number of aromatic nitrogens is 4. The van der Waals surface area contributed by atoms with Crippen molar-refractivity contribution >= 4 is 52.5 Å². The molecule has 9 nitrogen and oxygen atoms in total. The molecule has 13 heteroatoms. The Kier molecular flexibility index (Phi) is 10.1. The number of aliphatic hydroxyl groups excluding tert-OH is 1. The van der Waals surface area contributed by atoms with E-state index in [1.165, 1.54) is 11.8 Å². The Balaban J connectivity index is 1.31. The van der Waals surface area contributed by atoms with Crippen molar-refractivity contribution in [3.63, 3.8) is 0 Å². The monoisotopic (exact) mass is 647 g/mol. The van der Waals surface area contributed by atoms with Crippen molar-refractivity contribution in [1.82, 2.24) is 25.5 Å². The van der Waals surface area contributed by atoms with E-state index in [9.17, 15) is 9.90 Å². The first-order valence-corrected chi connectivity index (χ1v) is 15.2. The molecule has 0 saturated carbocycles.